The minimum atomic E-state index is 1.01. The molecular weight excluding hydrogens is 122 g/mol. The highest BCUT2D eigenvalue weighted by molar-refractivity contribution is 5.34. The average molecular weight is 137 g/mol. The standard InChI is InChI=1S/C7H9N.C2H6/c1-8-7-5-3-2-4-6-7;1-2/h3,5-6H,1-2,4H2;1-2H3. The minimum absolute atomic E-state index is 1.01. The predicted molar refractivity (Wildman–Crippen MR) is 47.4 cm³/mol. The highest BCUT2D eigenvalue weighted by Gasteiger charge is 1.89. The van der Waals surface area contributed by atoms with Crippen molar-refractivity contribution >= 4 is 6.72 Å². The van der Waals surface area contributed by atoms with Crippen LogP contribution >= 0.6 is 0 Å². The molecule has 0 saturated heterocycles. The van der Waals surface area contributed by atoms with Crippen LogP contribution in [-0.4, -0.2) is 6.72 Å². The lowest BCUT2D eigenvalue weighted by Gasteiger charge is -1.97. The van der Waals surface area contributed by atoms with Crippen molar-refractivity contribution in [3.8, 4) is 0 Å². The second kappa shape index (κ2) is 6.27. The summed E-state index contributed by atoms with van der Waals surface area (Å²) >= 11 is 0. The summed E-state index contributed by atoms with van der Waals surface area (Å²) in [5.74, 6) is 0. The van der Waals surface area contributed by atoms with Crippen molar-refractivity contribution in [1.82, 2.24) is 0 Å². The molecule has 0 aromatic carbocycles. The van der Waals surface area contributed by atoms with E-state index >= 15 is 0 Å². The summed E-state index contributed by atoms with van der Waals surface area (Å²) in [6, 6.07) is 0. The zero-order valence-electron chi connectivity index (χ0n) is 6.80. The summed E-state index contributed by atoms with van der Waals surface area (Å²) in [6.07, 6.45) is 8.47. The normalized spacial score (nSPS) is 14.8. The van der Waals surface area contributed by atoms with Crippen molar-refractivity contribution in [2.45, 2.75) is 26.7 Å². The monoisotopic (exact) mass is 137 g/mol. The highest BCUT2D eigenvalue weighted by Crippen LogP contribution is 2.08. The van der Waals surface area contributed by atoms with E-state index < -0.39 is 0 Å². The summed E-state index contributed by atoms with van der Waals surface area (Å²) in [5.41, 5.74) is 1.01. The summed E-state index contributed by atoms with van der Waals surface area (Å²) < 4.78 is 0. The molecule has 0 aromatic rings. The molecule has 1 rings (SSSR count). The van der Waals surface area contributed by atoms with Gasteiger partial charge in [0, 0.05) is 0 Å². The van der Waals surface area contributed by atoms with Gasteiger partial charge in [0.25, 0.3) is 0 Å². The number of rotatable bonds is 1. The maximum atomic E-state index is 3.77. The number of hydrogen-bond acceptors (Lipinski definition) is 1. The molecule has 10 heavy (non-hydrogen) atoms. The summed E-state index contributed by atoms with van der Waals surface area (Å²) in [7, 11) is 0. The maximum Gasteiger partial charge on any atom is 0.0579 e. The molecule has 56 valence electrons. The fraction of sp³-hybridized carbons (Fsp3) is 0.444. The topological polar surface area (TPSA) is 12.4 Å². The average Bonchev–Trinajstić information content (AvgIpc) is 2.10. The van der Waals surface area contributed by atoms with Gasteiger partial charge in [-0.05, 0) is 25.6 Å². The molecule has 1 nitrogen and oxygen atoms in total. The molecule has 0 fully saturated rings. The van der Waals surface area contributed by atoms with Crippen molar-refractivity contribution in [2.75, 3.05) is 0 Å². The number of aliphatic imine (C=N–C) groups is 1. The van der Waals surface area contributed by atoms with Crippen LogP contribution in [0.2, 0.25) is 0 Å². The van der Waals surface area contributed by atoms with E-state index in [0.29, 0.717) is 0 Å². The second-order valence-corrected chi connectivity index (χ2v) is 1.77. The zero-order chi connectivity index (χ0) is 7.82. The number of nitrogens with zero attached hydrogens (tertiary/aromatic N) is 1. The molecule has 0 spiro atoms. The van der Waals surface area contributed by atoms with Crippen LogP contribution in [-0.2, 0) is 0 Å². The van der Waals surface area contributed by atoms with Crippen molar-refractivity contribution < 1.29 is 0 Å². The molecule has 0 radical (unpaired) electrons. The van der Waals surface area contributed by atoms with Crippen LogP contribution in [0.4, 0.5) is 0 Å². The fourth-order valence-electron chi connectivity index (χ4n) is 0.717. The van der Waals surface area contributed by atoms with E-state index in [0.717, 1.165) is 18.5 Å². The lowest BCUT2D eigenvalue weighted by molar-refractivity contribution is 1.01. The molecule has 0 aromatic heterocycles. The lowest BCUT2D eigenvalue weighted by atomic mass is 10.2. The molecule has 1 heteroatoms. The van der Waals surface area contributed by atoms with Crippen LogP contribution in [0.15, 0.2) is 28.9 Å². The maximum absolute atomic E-state index is 3.77. The summed E-state index contributed by atoms with van der Waals surface area (Å²) in [5, 5.41) is 0. The van der Waals surface area contributed by atoms with E-state index in [1.165, 1.54) is 0 Å². The van der Waals surface area contributed by atoms with Crippen LogP contribution in [0, 0.1) is 0 Å². The van der Waals surface area contributed by atoms with E-state index in [1.54, 1.807) is 0 Å². The quantitative estimate of drug-likeness (QED) is 0.493. The van der Waals surface area contributed by atoms with Crippen molar-refractivity contribution in [1.29, 1.82) is 0 Å². The molecule has 0 aliphatic heterocycles. The van der Waals surface area contributed by atoms with Gasteiger partial charge >= 0.3 is 0 Å². The van der Waals surface area contributed by atoms with E-state index in [1.807, 2.05) is 19.9 Å². The largest absolute Gasteiger partial charge is 0.265 e. The molecule has 0 atom stereocenters. The molecule has 0 heterocycles. The van der Waals surface area contributed by atoms with Crippen molar-refractivity contribution in [3.05, 3.63) is 23.9 Å². The summed E-state index contributed by atoms with van der Waals surface area (Å²) in [4.78, 5) is 3.77. The van der Waals surface area contributed by atoms with Crippen molar-refractivity contribution in [3.63, 3.8) is 0 Å². The van der Waals surface area contributed by atoms with Gasteiger partial charge in [-0.15, -0.1) is 0 Å². The Balaban J connectivity index is 0.000000371. The molecule has 0 amide bonds. The van der Waals surface area contributed by atoms with Crippen LogP contribution < -0.4 is 0 Å². The van der Waals surface area contributed by atoms with E-state index in [9.17, 15) is 0 Å². The Morgan fingerprint density at radius 2 is 2.10 bits per heavy atom. The predicted octanol–water partition coefficient (Wildman–Crippen LogP) is 2.95. The Bertz CT molecular complexity index is 143. The summed E-state index contributed by atoms with van der Waals surface area (Å²) in [6.45, 7) is 7.41. The van der Waals surface area contributed by atoms with Gasteiger partial charge in [0.15, 0.2) is 0 Å². The van der Waals surface area contributed by atoms with Crippen LogP contribution in [0.25, 0.3) is 0 Å². The molecular formula is C9H15N. The zero-order valence-corrected chi connectivity index (χ0v) is 6.80. The van der Waals surface area contributed by atoms with Crippen LogP contribution in [0.5, 0.6) is 0 Å². The van der Waals surface area contributed by atoms with Gasteiger partial charge in [-0.1, -0.05) is 26.0 Å². The third-order valence-electron chi connectivity index (χ3n) is 1.16. The molecule has 0 saturated carbocycles. The Labute approximate surface area is 63.2 Å². The van der Waals surface area contributed by atoms with E-state index in [2.05, 4.69) is 23.9 Å². The number of allylic oxidation sites excluding steroid dienone is 3. The molecule has 1 aliphatic carbocycles. The van der Waals surface area contributed by atoms with Gasteiger partial charge < -0.3 is 0 Å². The van der Waals surface area contributed by atoms with Crippen LogP contribution in [0.3, 0.4) is 0 Å². The first kappa shape index (κ1) is 9.15. The molecule has 1 aliphatic rings. The van der Waals surface area contributed by atoms with Gasteiger partial charge in [0.1, 0.15) is 0 Å². The van der Waals surface area contributed by atoms with E-state index in [4.69, 9.17) is 0 Å². The second-order valence-electron chi connectivity index (χ2n) is 1.77. The minimum Gasteiger partial charge on any atom is -0.265 e. The lowest BCUT2D eigenvalue weighted by Crippen LogP contribution is -1.78. The third kappa shape index (κ3) is 3.23. The third-order valence-corrected chi connectivity index (χ3v) is 1.16. The van der Waals surface area contributed by atoms with Crippen LogP contribution in [0.1, 0.15) is 26.7 Å². The Morgan fingerprint density at radius 1 is 1.40 bits per heavy atom. The SMILES string of the molecule is C=NC1=CCCC=C1.CC. The van der Waals surface area contributed by atoms with Crippen molar-refractivity contribution in [2.24, 2.45) is 4.99 Å². The fourth-order valence-corrected chi connectivity index (χ4v) is 0.717. The first-order valence-corrected chi connectivity index (χ1v) is 3.77. The Kier molecular flexibility index (Phi) is 5.74. The molecule has 0 bridgehead atoms. The first-order chi connectivity index (χ1) is 4.93. The Morgan fingerprint density at radius 3 is 2.40 bits per heavy atom. The van der Waals surface area contributed by atoms with Gasteiger partial charge in [-0.25, -0.2) is 0 Å². The van der Waals surface area contributed by atoms with E-state index in [-0.39, 0.29) is 0 Å². The molecule has 0 N–H and O–H groups in total. The smallest absolute Gasteiger partial charge is 0.0579 e. The van der Waals surface area contributed by atoms with Gasteiger partial charge in [0.2, 0.25) is 0 Å². The first-order valence-electron chi connectivity index (χ1n) is 3.77. The molecule has 0 unspecified atom stereocenters. The van der Waals surface area contributed by atoms with Gasteiger partial charge in [-0.3, -0.25) is 4.99 Å². The van der Waals surface area contributed by atoms with Gasteiger partial charge in [-0.2, -0.15) is 0 Å². The number of hydrogen-bond donors (Lipinski definition) is 0. The van der Waals surface area contributed by atoms with Gasteiger partial charge in [0.05, 0.1) is 5.70 Å². The highest BCUT2D eigenvalue weighted by atomic mass is 14.7. The Hall–Kier alpha value is -0.850.